The van der Waals surface area contributed by atoms with Crippen LogP contribution in [0.3, 0.4) is 0 Å². The molecule has 1 heterocycles. The normalized spacial score (nSPS) is 6.67. The summed E-state index contributed by atoms with van der Waals surface area (Å²) in [5.41, 5.74) is 0. The van der Waals surface area contributed by atoms with Gasteiger partial charge in [0.05, 0.1) is 0 Å². The molecule has 3 heteroatoms. The number of hydrogen-bond donors (Lipinski definition) is 1. The first-order valence-corrected chi connectivity index (χ1v) is 1.36. The van der Waals surface area contributed by atoms with Crippen LogP contribution >= 0.6 is 0 Å². The van der Waals surface area contributed by atoms with Crippen molar-refractivity contribution < 1.29 is 0 Å². The first-order valence-electron chi connectivity index (χ1n) is 1.36. The molecular weight excluding hydrogens is 271 g/mol. The predicted molar refractivity (Wildman–Crippen MR) is 26.0 cm³/mol. The fourth-order valence-corrected chi connectivity index (χ4v) is 0.186. The number of nitrogens with zero attached hydrogens (tertiary/aromatic N) is 1. The van der Waals surface area contributed by atoms with E-state index >= 15 is 0 Å². The molecule has 0 aliphatic rings. The van der Waals surface area contributed by atoms with Crippen molar-refractivity contribution in [2.45, 2.75) is 0 Å². The van der Waals surface area contributed by atoms with Gasteiger partial charge in [-0.2, -0.15) is 5.10 Å². The summed E-state index contributed by atoms with van der Waals surface area (Å²) in [7, 11) is 0. The minimum atomic E-state index is 0. The van der Waals surface area contributed by atoms with E-state index in [0.717, 1.165) is 0 Å². The van der Waals surface area contributed by atoms with Gasteiger partial charge in [-0.3, -0.25) is 5.10 Å². The first-order chi connectivity index (χ1) is 2.50. The van der Waals surface area contributed by atoms with Crippen molar-refractivity contribution in [1.29, 1.82) is 0 Å². The molecule has 0 saturated carbocycles. The third-order valence-electron chi connectivity index (χ3n) is 0.362. The van der Waals surface area contributed by atoms with Crippen LogP contribution in [0.15, 0.2) is 12.3 Å². The number of hydrogen-bond acceptors (Lipinski definition) is 1. The molecule has 0 fully saturated rings. The van der Waals surface area contributed by atoms with Crippen LogP contribution in [-0.2, 0) is 0 Å². The molecule has 1 aromatic heterocycles. The molecule has 0 spiro atoms. The molecule has 1 N–H and O–H groups in total. The second kappa shape index (κ2) is 3.33. The molecule has 0 atom stereocenters. The molecular formula is C3H5N2Pb. The van der Waals surface area contributed by atoms with Gasteiger partial charge in [-0.1, -0.05) is 0 Å². The van der Waals surface area contributed by atoms with Gasteiger partial charge < -0.3 is 0 Å². The second-order valence-corrected chi connectivity index (χ2v) is 0.703. The minimum absolute atomic E-state index is 0. The van der Waals surface area contributed by atoms with E-state index in [-0.39, 0.29) is 27.3 Å². The van der Waals surface area contributed by atoms with Crippen LogP contribution < -0.4 is 0 Å². The zero-order chi connectivity index (χ0) is 3.54. The quantitative estimate of drug-likeness (QED) is 0.623. The molecule has 0 bridgehead atoms. The summed E-state index contributed by atoms with van der Waals surface area (Å²) >= 11 is 0. The molecule has 3 radical (unpaired) electrons. The number of rotatable bonds is 0. The van der Waals surface area contributed by atoms with Crippen molar-refractivity contribution in [1.82, 2.24) is 10.2 Å². The largest absolute Gasteiger partial charge is 0.285 e. The van der Waals surface area contributed by atoms with Gasteiger partial charge in [0.15, 0.2) is 0 Å². The topological polar surface area (TPSA) is 28.7 Å². The third-order valence-corrected chi connectivity index (χ3v) is 0.362. The van der Waals surface area contributed by atoms with E-state index in [1.807, 2.05) is 0 Å². The molecule has 0 unspecified atom stereocenters. The van der Waals surface area contributed by atoms with Gasteiger partial charge in [0.25, 0.3) is 0 Å². The summed E-state index contributed by atoms with van der Waals surface area (Å²) < 4.78 is 0. The van der Waals surface area contributed by atoms with E-state index in [9.17, 15) is 0 Å². The first kappa shape index (κ1) is 6.13. The number of aromatic amines is 1. The van der Waals surface area contributed by atoms with Crippen molar-refractivity contribution in [3.05, 3.63) is 18.5 Å². The molecule has 0 aliphatic heterocycles. The minimum Gasteiger partial charge on any atom is -0.285 e. The average Bonchev–Trinajstić information content (AvgIpc) is 1.76. The maximum atomic E-state index is 3.47. The average molecular weight is 276 g/mol. The van der Waals surface area contributed by atoms with Crippen LogP contribution in [0, 0.1) is 6.20 Å². The maximum Gasteiger partial charge on any atom is 0.112 e. The van der Waals surface area contributed by atoms with Crippen LogP contribution in [0.25, 0.3) is 0 Å². The Labute approximate surface area is 56.1 Å². The van der Waals surface area contributed by atoms with Gasteiger partial charge in [0, 0.05) is 6.20 Å². The van der Waals surface area contributed by atoms with Crippen molar-refractivity contribution in [3.8, 4) is 0 Å². The Morgan fingerprint density at radius 1 is 1.67 bits per heavy atom. The van der Waals surface area contributed by atoms with Crippen LogP contribution in [0.1, 0.15) is 0 Å². The summed E-state index contributed by atoms with van der Waals surface area (Å²) in [6, 6.07) is 1.71. The number of H-pyrrole nitrogens is 1. The molecule has 6 heavy (non-hydrogen) atoms. The van der Waals surface area contributed by atoms with E-state index in [1.165, 1.54) is 0 Å². The Balaban J connectivity index is 0.000000250. The summed E-state index contributed by atoms with van der Waals surface area (Å²) in [6.45, 7) is 0. The summed E-state index contributed by atoms with van der Waals surface area (Å²) in [4.78, 5) is 0. The van der Waals surface area contributed by atoms with Gasteiger partial charge >= 0.3 is 27.3 Å². The van der Waals surface area contributed by atoms with Crippen molar-refractivity contribution in [2.75, 3.05) is 0 Å². The van der Waals surface area contributed by atoms with E-state index in [1.54, 1.807) is 12.3 Å². The Kier molecular flexibility index (Phi) is 3.40. The summed E-state index contributed by atoms with van der Waals surface area (Å²) in [5, 5.41) is 6.03. The molecule has 2 nitrogen and oxygen atoms in total. The zero-order valence-electron chi connectivity index (χ0n) is 3.31. The standard InChI is InChI=1S/C3H3N2.Pb.2H/c1-2-4-5-3-1;;;/h1-2H,(H,4,5);;;. The summed E-state index contributed by atoms with van der Waals surface area (Å²) in [6.07, 6.45) is 4.26. The van der Waals surface area contributed by atoms with Gasteiger partial charge in [-0.15, -0.1) is 0 Å². The third kappa shape index (κ3) is 1.54. The van der Waals surface area contributed by atoms with Crippen LogP contribution in [0.2, 0.25) is 0 Å². The Hall–Kier alpha value is 0.132. The molecule has 0 saturated heterocycles. The number of nitrogens with one attached hydrogen (secondary N) is 1. The predicted octanol–water partition coefficient (Wildman–Crippen LogP) is -0.706. The SMILES string of the molecule is [PbH2].[c]1cc[nH]n1. The molecule has 31 valence electrons. The summed E-state index contributed by atoms with van der Waals surface area (Å²) in [5.74, 6) is 0. The monoisotopic (exact) mass is 277 g/mol. The Morgan fingerprint density at radius 3 is 2.67 bits per heavy atom. The van der Waals surface area contributed by atoms with Crippen molar-refractivity contribution in [3.63, 3.8) is 0 Å². The van der Waals surface area contributed by atoms with Crippen molar-refractivity contribution in [2.24, 2.45) is 0 Å². The van der Waals surface area contributed by atoms with Crippen LogP contribution in [-0.4, -0.2) is 37.5 Å². The molecule has 1 rings (SSSR count). The fraction of sp³-hybridized carbons (Fsp3) is 0. The van der Waals surface area contributed by atoms with Crippen LogP contribution in [0.5, 0.6) is 0 Å². The molecule has 0 aromatic carbocycles. The van der Waals surface area contributed by atoms with Gasteiger partial charge in [-0.25, -0.2) is 0 Å². The molecule has 0 amide bonds. The van der Waals surface area contributed by atoms with Crippen LogP contribution in [0.4, 0.5) is 0 Å². The van der Waals surface area contributed by atoms with E-state index in [0.29, 0.717) is 0 Å². The second-order valence-electron chi connectivity index (χ2n) is 0.703. The molecule has 1 aromatic rings. The molecule has 0 aliphatic carbocycles. The van der Waals surface area contributed by atoms with Crippen molar-refractivity contribution >= 4 is 27.3 Å². The number of aromatic nitrogens is 2. The maximum absolute atomic E-state index is 3.47. The fourth-order valence-electron chi connectivity index (χ4n) is 0.186. The van der Waals surface area contributed by atoms with E-state index < -0.39 is 0 Å². The van der Waals surface area contributed by atoms with E-state index in [2.05, 4.69) is 16.4 Å². The smallest absolute Gasteiger partial charge is 0.112 e. The van der Waals surface area contributed by atoms with Gasteiger partial charge in [-0.05, 0) is 6.07 Å². The Bertz CT molecular complexity index is 65.3. The van der Waals surface area contributed by atoms with Gasteiger partial charge in [0.2, 0.25) is 0 Å². The van der Waals surface area contributed by atoms with Gasteiger partial charge in [0.1, 0.15) is 6.20 Å². The zero-order valence-corrected chi connectivity index (χ0v) is 8.81. The Morgan fingerprint density at radius 2 is 2.50 bits per heavy atom. The van der Waals surface area contributed by atoms with E-state index in [4.69, 9.17) is 0 Å².